The van der Waals surface area contributed by atoms with Gasteiger partial charge in [-0.1, -0.05) is 12.8 Å². The minimum absolute atomic E-state index is 0.00210. The Bertz CT molecular complexity index is 501. The second kappa shape index (κ2) is 5.66. The van der Waals surface area contributed by atoms with E-state index in [9.17, 15) is 9.59 Å². The van der Waals surface area contributed by atoms with E-state index in [4.69, 9.17) is 9.52 Å². The van der Waals surface area contributed by atoms with Crippen LogP contribution in [-0.4, -0.2) is 48.1 Å². The summed E-state index contributed by atoms with van der Waals surface area (Å²) >= 11 is 0. The van der Waals surface area contributed by atoms with E-state index < -0.39 is 5.97 Å². The van der Waals surface area contributed by atoms with Crippen molar-refractivity contribution in [1.82, 2.24) is 10.2 Å². The topological polar surface area (TPSA) is 82.8 Å². The van der Waals surface area contributed by atoms with Crippen molar-refractivity contribution in [2.45, 2.75) is 31.2 Å². The molecular formula is C14H20N2O4. The number of aromatic carboxylic acids is 1. The Labute approximate surface area is 117 Å². The standard InChI is InChI=1S/C14H20N2O4/c1-16(2)14(7-3-4-8-14)9-15-12(17)10-5-6-11(20-10)13(18)19/h5-6H,3-4,7-9H2,1-2H3,(H,15,17)(H,18,19). The van der Waals surface area contributed by atoms with Crippen LogP contribution in [0.2, 0.25) is 0 Å². The predicted molar refractivity (Wildman–Crippen MR) is 72.9 cm³/mol. The quantitative estimate of drug-likeness (QED) is 0.855. The highest BCUT2D eigenvalue weighted by atomic mass is 16.4. The average Bonchev–Trinajstić information content (AvgIpc) is 3.06. The van der Waals surface area contributed by atoms with Crippen LogP contribution in [0.25, 0.3) is 0 Å². The number of rotatable bonds is 5. The molecule has 1 saturated carbocycles. The number of nitrogens with zero attached hydrogens (tertiary/aromatic N) is 1. The molecule has 2 rings (SSSR count). The van der Waals surface area contributed by atoms with Crippen molar-refractivity contribution in [1.29, 1.82) is 0 Å². The molecule has 0 atom stereocenters. The van der Waals surface area contributed by atoms with Crippen LogP contribution in [0.5, 0.6) is 0 Å². The molecule has 6 heteroatoms. The van der Waals surface area contributed by atoms with Crippen LogP contribution in [0, 0.1) is 0 Å². The molecule has 0 spiro atoms. The largest absolute Gasteiger partial charge is 0.475 e. The highest BCUT2D eigenvalue weighted by molar-refractivity contribution is 5.93. The first kappa shape index (κ1) is 14.6. The van der Waals surface area contributed by atoms with Gasteiger partial charge < -0.3 is 19.7 Å². The first-order valence-corrected chi connectivity index (χ1v) is 6.73. The summed E-state index contributed by atoms with van der Waals surface area (Å²) in [5.41, 5.74) is -0.00210. The fourth-order valence-electron chi connectivity index (χ4n) is 2.72. The minimum Gasteiger partial charge on any atom is -0.475 e. The van der Waals surface area contributed by atoms with E-state index in [2.05, 4.69) is 10.2 Å². The zero-order valence-corrected chi connectivity index (χ0v) is 11.8. The van der Waals surface area contributed by atoms with E-state index in [0.717, 1.165) is 25.7 Å². The van der Waals surface area contributed by atoms with Crippen LogP contribution in [0.1, 0.15) is 46.8 Å². The number of likely N-dealkylation sites (N-methyl/N-ethyl adjacent to an activating group) is 1. The third-order valence-corrected chi connectivity index (χ3v) is 4.10. The lowest BCUT2D eigenvalue weighted by molar-refractivity contribution is 0.0659. The summed E-state index contributed by atoms with van der Waals surface area (Å²) in [6, 6.07) is 2.67. The van der Waals surface area contributed by atoms with Crippen LogP contribution in [0.15, 0.2) is 16.5 Å². The van der Waals surface area contributed by atoms with Gasteiger partial charge in [-0.2, -0.15) is 0 Å². The molecule has 2 N–H and O–H groups in total. The molecule has 0 aliphatic heterocycles. The van der Waals surface area contributed by atoms with Gasteiger partial charge >= 0.3 is 5.97 Å². The molecule has 1 heterocycles. The Kier molecular flexibility index (Phi) is 4.13. The number of carboxylic acids is 1. The van der Waals surface area contributed by atoms with Crippen molar-refractivity contribution in [3.05, 3.63) is 23.7 Å². The van der Waals surface area contributed by atoms with Crippen molar-refractivity contribution in [3.8, 4) is 0 Å². The van der Waals surface area contributed by atoms with E-state index in [1.165, 1.54) is 12.1 Å². The average molecular weight is 280 g/mol. The molecule has 110 valence electrons. The van der Waals surface area contributed by atoms with E-state index in [0.29, 0.717) is 6.54 Å². The molecule has 1 aliphatic rings. The lowest BCUT2D eigenvalue weighted by Crippen LogP contribution is -2.50. The van der Waals surface area contributed by atoms with Gasteiger partial charge in [-0.15, -0.1) is 0 Å². The van der Waals surface area contributed by atoms with Crippen molar-refractivity contribution in [2.24, 2.45) is 0 Å². The molecule has 0 unspecified atom stereocenters. The molecule has 1 fully saturated rings. The zero-order valence-electron chi connectivity index (χ0n) is 11.8. The molecular weight excluding hydrogens is 260 g/mol. The van der Waals surface area contributed by atoms with E-state index in [-0.39, 0.29) is 23.0 Å². The highest BCUT2D eigenvalue weighted by Crippen LogP contribution is 2.33. The summed E-state index contributed by atoms with van der Waals surface area (Å²) < 4.78 is 4.99. The maximum atomic E-state index is 12.0. The molecule has 0 radical (unpaired) electrons. The number of hydrogen-bond acceptors (Lipinski definition) is 4. The van der Waals surface area contributed by atoms with E-state index in [1.54, 1.807) is 0 Å². The molecule has 0 aromatic carbocycles. The second-order valence-electron chi connectivity index (χ2n) is 5.48. The lowest BCUT2D eigenvalue weighted by Gasteiger charge is -2.36. The number of furan rings is 1. The maximum absolute atomic E-state index is 12.0. The van der Waals surface area contributed by atoms with Crippen molar-refractivity contribution < 1.29 is 19.1 Å². The Morgan fingerprint density at radius 2 is 1.90 bits per heavy atom. The van der Waals surface area contributed by atoms with E-state index >= 15 is 0 Å². The number of hydrogen-bond donors (Lipinski definition) is 2. The van der Waals surface area contributed by atoms with Crippen LogP contribution >= 0.6 is 0 Å². The predicted octanol–water partition coefficient (Wildman–Crippen LogP) is 1.58. The molecule has 6 nitrogen and oxygen atoms in total. The summed E-state index contributed by atoms with van der Waals surface area (Å²) in [5, 5.41) is 11.6. The van der Waals surface area contributed by atoms with Gasteiger partial charge in [0, 0.05) is 12.1 Å². The zero-order chi connectivity index (χ0) is 14.8. The van der Waals surface area contributed by atoms with E-state index in [1.807, 2.05) is 14.1 Å². The summed E-state index contributed by atoms with van der Waals surface area (Å²) in [4.78, 5) is 24.9. The molecule has 1 aromatic heterocycles. The molecule has 1 amide bonds. The Morgan fingerprint density at radius 3 is 2.40 bits per heavy atom. The van der Waals surface area contributed by atoms with Gasteiger partial charge in [-0.25, -0.2) is 4.79 Å². The maximum Gasteiger partial charge on any atom is 0.371 e. The Hall–Kier alpha value is -1.82. The van der Waals surface area contributed by atoms with Gasteiger partial charge in [-0.3, -0.25) is 4.79 Å². The Morgan fingerprint density at radius 1 is 1.30 bits per heavy atom. The third-order valence-electron chi connectivity index (χ3n) is 4.10. The summed E-state index contributed by atoms with van der Waals surface area (Å²) in [5.74, 6) is -1.73. The van der Waals surface area contributed by atoms with Gasteiger partial charge in [0.15, 0.2) is 5.76 Å². The number of nitrogens with one attached hydrogen (secondary N) is 1. The fraction of sp³-hybridized carbons (Fsp3) is 0.571. The summed E-state index contributed by atoms with van der Waals surface area (Å²) in [7, 11) is 4.04. The molecule has 0 saturated heterocycles. The van der Waals surface area contributed by atoms with Gasteiger partial charge in [-0.05, 0) is 39.1 Å². The fourth-order valence-corrected chi connectivity index (χ4v) is 2.72. The smallest absolute Gasteiger partial charge is 0.371 e. The van der Waals surface area contributed by atoms with Crippen molar-refractivity contribution >= 4 is 11.9 Å². The summed E-state index contributed by atoms with van der Waals surface area (Å²) in [6.45, 7) is 0.544. The van der Waals surface area contributed by atoms with Gasteiger partial charge in [0.25, 0.3) is 5.91 Å². The monoisotopic (exact) mass is 280 g/mol. The number of carbonyl (C=O) groups is 2. The van der Waals surface area contributed by atoms with Crippen molar-refractivity contribution in [3.63, 3.8) is 0 Å². The first-order chi connectivity index (χ1) is 9.44. The molecule has 1 aliphatic carbocycles. The SMILES string of the molecule is CN(C)C1(CNC(=O)c2ccc(C(=O)O)o2)CCCC1. The first-order valence-electron chi connectivity index (χ1n) is 6.73. The Balaban J connectivity index is 1.99. The number of carboxylic acid groups (broad SMARTS) is 1. The summed E-state index contributed by atoms with van der Waals surface area (Å²) in [6.07, 6.45) is 4.44. The van der Waals surface area contributed by atoms with Crippen LogP contribution in [0.3, 0.4) is 0 Å². The van der Waals surface area contributed by atoms with Crippen LogP contribution < -0.4 is 5.32 Å². The minimum atomic E-state index is -1.18. The van der Waals surface area contributed by atoms with Gasteiger partial charge in [0.05, 0.1) is 0 Å². The van der Waals surface area contributed by atoms with Crippen molar-refractivity contribution in [2.75, 3.05) is 20.6 Å². The highest BCUT2D eigenvalue weighted by Gasteiger charge is 2.36. The van der Waals surface area contributed by atoms with Crippen LogP contribution in [-0.2, 0) is 0 Å². The molecule has 20 heavy (non-hydrogen) atoms. The third kappa shape index (κ3) is 2.85. The normalized spacial score (nSPS) is 17.4. The number of carbonyl (C=O) groups excluding carboxylic acids is 1. The molecule has 1 aromatic rings. The number of amides is 1. The second-order valence-corrected chi connectivity index (χ2v) is 5.48. The van der Waals surface area contributed by atoms with Gasteiger partial charge in [0.1, 0.15) is 0 Å². The molecule has 0 bridgehead atoms. The van der Waals surface area contributed by atoms with Gasteiger partial charge in [0.2, 0.25) is 5.76 Å². The van der Waals surface area contributed by atoms with Crippen LogP contribution in [0.4, 0.5) is 0 Å². The lowest BCUT2D eigenvalue weighted by atomic mass is 9.96.